The Labute approximate surface area is 111 Å². The lowest BCUT2D eigenvalue weighted by Crippen LogP contribution is -1.93. The van der Waals surface area contributed by atoms with Gasteiger partial charge in [0.05, 0.1) is 5.52 Å². The van der Waals surface area contributed by atoms with Gasteiger partial charge in [0.1, 0.15) is 4.60 Å². The van der Waals surface area contributed by atoms with E-state index >= 15 is 0 Å². The molecular weight excluding hydrogens is 302 g/mol. The highest BCUT2D eigenvalue weighted by atomic mass is 79.9. The molecule has 3 aromatic rings. The number of hydrogen-bond donors (Lipinski definition) is 0. The molecule has 2 aromatic heterocycles. The summed E-state index contributed by atoms with van der Waals surface area (Å²) < 4.78 is 2.57. The summed E-state index contributed by atoms with van der Waals surface area (Å²) in [6.07, 6.45) is 1.73. The Kier molecular flexibility index (Phi) is 2.61. The highest BCUT2D eigenvalue weighted by Gasteiger charge is 2.11. The minimum absolute atomic E-state index is 0.686. The number of rotatable bonds is 1. The monoisotopic (exact) mass is 307 g/mol. The van der Waals surface area contributed by atoms with Crippen LogP contribution in [0.3, 0.4) is 0 Å². The molecule has 5 heteroatoms. The van der Waals surface area contributed by atoms with E-state index in [4.69, 9.17) is 11.6 Å². The van der Waals surface area contributed by atoms with Gasteiger partial charge in [-0.1, -0.05) is 23.7 Å². The second kappa shape index (κ2) is 4.13. The Morgan fingerprint density at radius 2 is 2.06 bits per heavy atom. The average Bonchev–Trinajstić information content (AvgIpc) is 2.68. The fourth-order valence-electron chi connectivity index (χ4n) is 1.71. The second-order valence-electron chi connectivity index (χ2n) is 3.56. The summed E-state index contributed by atoms with van der Waals surface area (Å²) in [6.45, 7) is 0. The van der Waals surface area contributed by atoms with Gasteiger partial charge in [-0.15, -0.1) is 0 Å². The van der Waals surface area contributed by atoms with Crippen molar-refractivity contribution in [3.63, 3.8) is 0 Å². The fraction of sp³-hybridized carbons (Fsp3) is 0. The third-order valence-corrected chi connectivity index (χ3v) is 3.27. The van der Waals surface area contributed by atoms with Crippen molar-refractivity contribution in [2.45, 2.75) is 0 Å². The quantitative estimate of drug-likeness (QED) is 0.684. The first-order chi connectivity index (χ1) is 8.25. The minimum atomic E-state index is 0.686. The van der Waals surface area contributed by atoms with Gasteiger partial charge in [0.2, 0.25) is 0 Å². The molecule has 0 amide bonds. The largest absolute Gasteiger partial charge is 0.219 e. The molecule has 0 N–H and O–H groups in total. The fourth-order valence-corrected chi connectivity index (χ4v) is 2.37. The van der Waals surface area contributed by atoms with Crippen LogP contribution in [0.5, 0.6) is 0 Å². The molecule has 17 heavy (non-hydrogen) atoms. The molecule has 1 aromatic carbocycles. The van der Waals surface area contributed by atoms with E-state index in [1.165, 1.54) is 0 Å². The zero-order chi connectivity index (χ0) is 11.8. The molecule has 0 aliphatic carbocycles. The van der Waals surface area contributed by atoms with Crippen LogP contribution in [0.4, 0.5) is 0 Å². The van der Waals surface area contributed by atoms with Gasteiger partial charge in [-0.3, -0.25) is 0 Å². The third kappa shape index (κ3) is 1.83. The maximum atomic E-state index is 5.98. The van der Waals surface area contributed by atoms with Crippen LogP contribution in [-0.4, -0.2) is 14.6 Å². The zero-order valence-corrected chi connectivity index (χ0v) is 11.0. The summed E-state index contributed by atoms with van der Waals surface area (Å²) in [4.78, 5) is 4.46. The van der Waals surface area contributed by atoms with E-state index in [-0.39, 0.29) is 0 Å². The van der Waals surface area contributed by atoms with Crippen LogP contribution in [0.2, 0.25) is 5.02 Å². The molecule has 0 fully saturated rings. The molecule has 0 aliphatic rings. The minimum Gasteiger partial charge on any atom is -0.219 e. The molecular formula is C12H7BrClN3. The van der Waals surface area contributed by atoms with Gasteiger partial charge >= 0.3 is 0 Å². The Morgan fingerprint density at radius 3 is 2.88 bits per heavy atom. The van der Waals surface area contributed by atoms with Gasteiger partial charge in [-0.05, 0) is 40.2 Å². The molecule has 0 saturated carbocycles. The number of halogens is 2. The van der Waals surface area contributed by atoms with E-state index in [2.05, 4.69) is 26.0 Å². The predicted octanol–water partition coefficient (Wildman–Crippen LogP) is 3.81. The number of imidazole rings is 1. The zero-order valence-electron chi connectivity index (χ0n) is 8.64. The molecule has 84 valence electrons. The van der Waals surface area contributed by atoms with Crippen molar-refractivity contribution in [2.24, 2.45) is 0 Å². The molecule has 0 aliphatic heterocycles. The van der Waals surface area contributed by atoms with Crippen LogP contribution in [0.1, 0.15) is 0 Å². The summed E-state index contributed by atoms with van der Waals surface area (Å²) >= 11 is 9.41. The first-order valence-corrected chi connectivity index (χ1v) is 6.18. The van der Waals surface area contributed by atoms with Gasteiger partial charge in [0, 0.05) is 16.8 Å². The number of hydrogen-bond acceptors (Lipinski definition) is 2. The normalized spacial score (nSPS) is 10.9. The van der Waals surface area contributed by atoms with E-state index in [0.717, 1.165) is 21.5 Å². The van der Waals surface area contributed by atoms with E-state index in [1.54, 1.807) is 10.7 Å². The molecule has 0 spiro atoms. The number of nitrogens with zero attached hydrogens (tertiary/aromatic N) is 3. The van der Waals surface area contributed by atoms with Crippen LogP contribution < -0.4 is 0 Å². The Morgan fingerprint density at radius 1 is 1.18 bits per heavy atom. The second-order valence-corrected chi connectivity index (χ2v) is 4.74. The smallest absolute Gasteiger partial charge is 0.162 e. The topological polar surface area (TPSA) is 30.2 Å². The predicted molar refractivity (Wildman–Crippen MR) is 71.1 cm³/mol. The summed E-state index contributed by atoms with van der Waals surface area (Å²) in [5.74, 6) is 0.773. The molecule has 0 saturated heterocycles. The number of benzene rings is 1. The molecule has 0 unspecified atom stereocenters. The Balaban J connectivity index is 2.31. The summed E-state index contributed by atoms with van der Waals surface area (Å²) in [6, 6.07) is 11.4. The Hall–Kier alpha value is -1.39. The lowest BCUT2D eigenvalue weighted by atomic mass is 10.2. The van der Waals surface area contributed by atoms with Crippen molar-refractivity contribution in [3.8, 4) is 11.4 Å². The summed E-state index contributed by atoms with van der Waals surface area (Å²) in [5, 5.41) is 4.98. The molecule has 3 nitrogen and oxygen atoms in total. The van der Waals surface area contributed by atoms with Gasteiger partial charge in [0.25, 0.3) is 0 Å². The lowest BCUT2D eigenvalue weighted by Gasteiger charge is -2.00. The van der Waals surface area contributed by atoms with E-state index in [9.17, 15) is 0 Å². The lowest BCUT2D eigenvalue weighted by molar-refractivity contribution is 0.936. The third-order valence-electron chi connectivity index (χ3n) is 2.45. The first-order valence-electron chi connectivity index (χ1n) is 5.01. The highest BCUT2D eigenvalue weighted by molar-refractivity contribution is 9.10. The summed E-state index contributed by atoms with van der Waals surface area (Å²) in [7, 11) is 0. The Bertz CT molecular complexity index is 693. The molecule has 2 heterocycles. The molecule has 0 bridgehead atoms. The van der Waals surface area contributed by atoms with Crippen molar-refractivity contribution < 1.29 is 0 Å². The van der Waals surface area contributed by atoms with Crippen LogP contribution in [0.25, 0.3) is 16.9 Å². The number of aromatic nitrogens is 3. The maximum absolute atomic E-state index is 5.98. The number of fused-ring (bicyclic) bond motifs is 1. The standard InChI is InChI=1S/C12H7BrClN3/c13-11-10-5-2-6-15-17(10)12(16-11)8-3-1-4-9(14)7-8/h1-7H. The van der Waals surface area contributed by atoms with Crippen molar-refractivity contribution >= 4 is 33.0 Å². The molecule has 0 radical (unpaired) electrons. The van der Waals surface area contributed by atoms with Gasteiger partial charge in [-0.2, -0.15) is 5.10 Å². The maximum Gasteiger partial charge on any atom is 0.162 e. The molecule has 0 atom stereocenters. The van der Waals surface area contributed by atoms with E-state index < -0.39 is 0 Å². The SMILES string of the molecule is Clc1cccc(-c2nc(Br)c3cccnn23)c1. The van der Waals surface area contributed by atoms with Crippen LogP contribution in [0, 0.1) is 0 Å². The average molecular weight is 309 g/mol. The highest BCUT2D eigenvalue weighted by Crippen LogP contribution is 2.26. The van der Waals surface area contributed by atoms with Crippen LogP contribution in [0.15, 0.2) is 47.2 Å². The van der Waals surface area contributed by atoms with Crippen LogP contribution in [-0.2, 0) is 0 Å². The van der Waals surface area contributed by atoms with Gasteiger partial charge in [-0.25, -0.2) is 9.50 Å². The van der Waals surface area contributed by atoms with Gasteiger partial charge in [0.15, 0.2) is 5.82 Å². The van der Waals surface area contributed by atoms with Crippen LogP contribution >= 0.6 is 27.5 Å². The van der Waals surface area contributed by atoms with E-state index in [0.29, 0.717) is 5.02 Å². The van der Waals surface area contributed by atoms with Crippen molar-refractivity contribution in [2.75, 3.05) is 0 Å². The van der Waals surface area contributed by atoms with Crippen molar-refractivity contribution in [3.05, 3.63) is 52.2 Å². The van der Waals surface area contributed by atoms with Crippen molar-refractivity contribution in [1.82, 2.24) is 14.6 Å². The van der Waals surface area contributed by atoms with Gasteiger partial charge < -0.3 is 0 Å². The summed E-state index contributed by atoms with van der Waals surface area (Å²) in [5.41, 5.74) is 1.87. The van der Waals surface area contributed by atoms with E-state index in [1.807, 2.05) is 36.4 Å². The first kappa shape index (κ1) is 10.7. The van der Waals surface area contributed by atoms with Crippen molar-refractivity contribution in [1.29, 1.82) is 0 Å². The molecule has 3 rings (SSSR count).